The molecule has 0 radical (unpaired) electrons. The van der Waals surface area contributed by atoms with Gasteiger partial charge in [0.2, 0.25) is 0 Å². The molecule has 0 bridgehead atoms. The number of carbonyl (C=O) groups is 1. The number of anilines is 1. The quantitative estimate of drug-likeness (QED) is 0.749. The van der Waals surface area contributed by atoms with Gasteiger partial charge in [-0.15, -0.1) is 0 Å². The van der Waals surface area contributed by atoms with Crippen molar-refractivity contribution in [3.05, 3.63) is 63.5 Å². The Balaban J connectivity index is 1.40. The van der Waals surface area contributed by atoms with Crippen LogP contribution in [0.25, 0.3) is 6.08 Å². The minimum absolute atomic E-state index is 0.206. The van der Waals surface area contributed by atoms with E-state index in [1.165, 1.54) is 11.8 Å². The zero-order valence-electron chi connectivity index (χ0n) is 15.4. The van der Waals surface area contributed by atoms with Crippen molar-refractivity contribution in [3.8, 4) is 5.75 Å². The number of benzene rings is 2. The fourth-order valence-electron chi connectivity index (χ4n) is 3.19. The van der Waals surface area contributed by atoms with E-state index in [2.05, 4.69) is 20.9 Å². The predicted octanol–water partition coefficient (Wildman–Crippen LogP) is 4.15. The highest BCUT2D eigenvalue weighted by Gasteiger charge is 2.28. The maximum absolute atomic E-state index is 12.3. The fraction of sp³-hybridized carbons (Fsp3) is 0.238. The summed E-state index contributed by atoms with van der Waals surface area (Å²) in [6, 6.07) is 12.9. The van der Waals surface area contributed by atoms with Gasteiger partial charge in [0.25, 0.3) is 5.91 Å². The Kier molecular flexibility index (Phi) is 5.33. The van der Waals surface area contributed by atoms with Crippen molar-refractivity contribution >= 4 is 46.2 Å². The van der Waals surface area contributed by atoms with E-state index in [1.807, 2.05) is 25.1 Å². The molecular weight excluding hydrogens is 394 g/mol. The summed E-state index contributed by atoms with van der Waals surface area (Å²) in [5, 5.41) is 10.9. The lowest BCUT2D eigenvalue weighted by molar-refractivity contribution is -0.113. The lowest BCUT2D eigenvalue weighted by Gasteiger charge is -2.36. The van der Waals surface area contributed by atoms with Gasteiger partial charge in [-0.2, -0.15) is 4.99 Å². The van der Waals surface area contributed by atoms with E-state index in [9.17, 15) is 9.90 Å². The first-order valence-electron chi connectivity index (χ1n) is 9.07. The Morgan fingerprint density at radius 3 is 2.43 bits per heavy atom. The van der Waals surface area contributed by atoms with Crippen LogP contribution in [0, 0.1) is 6.92 Å². The Morgan fingerprint density at radius 1 is 1.07 bits per heavy atom. The molecule has 0 aromatic heterocycles. The molecule has 0 spiro atoms. The van der Waals surface area contributed by atoms with Gasteiger partial charge >= 0.3 is 0 Å². The lowest BCUT2D eigenvalue weighted by atomic mass is 10.2. The van der Waals surface area contributed by atoms with E-state index >= 15 is 0 Å². The van der Waals surface area contributed by atoms with Crippen molar-refractivity contribution in [2.75, 3.05) is 31.1 Å². The number of hydrogen-bond donors (Lipinski definition) is 1. The van der Waals surface area contributed by atoms with Gasteiger partial charge in [-0.1, -0.05) is 29.8 Å². The Morgan fingerprint density at radius 2 is 1.75 bits per heavy atom. The molecule has 2 heterocycles. The summed E-state index contributed by atoms with van der Waals surface area (Å²) in [5.41, 5.74) is 3.07. The number of carbonyl (C=O) groups excluding carboxylic acids is 1. The highest BCUT2D eigenvalue weighted by Crippen LogP contribution is 2.31. The number of aryl methyl sites for hydroxylation is 1. The predicted molar refractivity (Wildman–Crippen MR) is 116 cm³/mol. The molecule has 28 heavy (non-hydrogen) atoms. The molecule has 1 N–H and O–H groups in total. The van der Waals surface area contributed by atoms with Gasteiger partial charge in [0.05, 0.1) is 4.91 Å². The van der Waals surface area contributed by atoms with Crippen molar-refractivity contribution in [3.63, 3.8) is 0 Å². The Labute approximate surface area is 173 Å². The van der Waals surface area contributed by atoms with Crippen LogP contribution in [0.4, 0.5) is 5.69 Å². The first-order valence-corrected chi connectivity index (χ1v) is 10.3. The average Bonchev–Trinajstić information content (AvgIpc) is 3.06. The molecule has 2 aromatic rings. The number of amidine groups is 1. The minimum Gasteiger partial charge on any atom is -0.508 e. The van der Waals surface area contributed by atoms with E-state index in [-0.39, 0.29) is 11.7 Å². The van der Waals surface area contributed by atoms with Gasteiger partial charge in [0.1, 0.15) is 5.75 Å². The molecule has 0 saturated carbocycles. The molecule has 1 fully saturated rings. The number of rotatable bonds is 2. The summed E-state index contributed by atoms with van der Waals surface area (Å²) in [6.45, 7) is 5.31. The third kappa shape index (κ3) is 4.03. The number of amides is 1. The molecule has 0 unspecified atom stereocenters. The Hall–Kier alpha value is -2.44. The topological polar surface area (TPSA) is 56.1 Å². The normalized spacial score (nSPS) is 18.7. The molecule has 1 amide bonds. The number of piperazine rings is 1. The second-order valence-electron chi connectivity index (χ2n) is 6.81. The summed E-state index contributed by atoms with van der Waals surface area (Å²) < 4.78 is 0. The van der Waals surface area contributed by atoms with Crippen LogP contribution in [-0.4, -0.2) is 47.3 Å². The third-order valence-electron chi connectivity index (χ3n) is 4.87. The van der Waals surface area contributed by atoms with E-state index in [0.29, 0.717) is 4.91 Å². The molecular formula is C21H20ClN3O2S. The number of halogens is 1. The summed E-state index contributed by atoms with van der Waals surface area (Å²) in [6.07, 6.45) is 1.81. The second-order valence-corrected chi connectivity index (χ2v) is 8.23. The average molecular weight is 414 g/mol. The highest BCUT2D eigenvalue weighted by molar-refractivity contribution is 8.18. The molecule has 0 aliphatic carbocycles. The van der Waals surface area contributed by atoms with Gasteiger partial charge in [-0.05, 0) is 60.2 Å². The van der Waals surface area contributed by atoms with Crippen LogP contribution in [0.15, 0.2) is 52.4 Å². The van der Waals surface area contributed by atoms with Crippen LogP contribution in [0.2, 0.25) is 5.02 Å². The molecule has 7 heteroatoms. The summed E-state index contributed by atoms with van der Waals surface area (Å²) in [7, 11) is 0. The largest absolute Gasteiger partial charge is 0.508 e. The van der Waals surface area contributed by atoms with Gasteiger partial charge in [0, 0.05) is 36.9 Å². The molecule has 144 valence electrons. The summed E-state index contributed by atoms with van der Waals surface area (Å²) >= 11 is 7.67. The van der Waals surface area contributed by atoms with Crippen LogP contribution in [-0.2, 0) is 4.79 Å². The van der Waals surface area contributed by atoms with E-state index in [1.54, 1.807) is 24.3 Å². The second kappa shape index (κ2) is 7.89. The van der Waals surface area contributed by atoms with Crippen molar-refractivity contribution in [1.82, 2.24) is 4.90 Å². The van der Waals surface area contributed by atoms with Crippen LogP contribution in [0.3, 0.4) is 0 Å². The van der Waals surface area contributed by atoms with Crippen molar-refractivity contribution in [2.24, 2.45) is 4.99 Å². The molecule has 5 nitrogen and oxygen atoms in total. The van der Waals surface area contributed by atoms with Crippen molar-refractivity contribution in [1.29, 1.82) is 0 Å². The molecule has 0 atom stereocenters. The molecule has 1 saturated heterocycles. The van der Waals surface area contributed by atoms with Crippen LogP contribution < -0.4 is 4.90 Å². The standard InChI is InChI=1S/C21H20ClN3O2S/c1-14-2-5-16(13-18(14)22)24-8-10-25(11-9-24)21-23-20(27)19(28-21)12-15-3-6-17(26)7-4-15/h2-7,12-13,26H,8-11H2,1H3. The number of hydrogen-bond acceptors (Lipinski definition) is 5. The molecule has 2 aromatic carbocycles. The van der Waals surface area contributed by atoms with Crippen LogP contribution in [0.5, 0.6) is 5.75 Å². The zero-order valence-corrected chi connectivity index (χ0v) is 17.0. The van der Waals surface area contributed by atoms with Gasteiger partial charge in [-0.25, -0.2) is 0 Å². The molecule has 4 rings (SSSR count). The maximum Gasteiger partial charge on any atom is 0.286 e. The monoisotopic (exact) mass is 413 g/mol. The Bertz CT molecular complexity index is 964. The maximum atomic E-state index is 12.3. The number of aliphatic imine (C=N–C) groups is 1. The van der Waals surface area contributed by atoms with Gasteiger partial charge in [-0.3, -0.25) is 4.79 Å². The number of phenolic OH excluding ortho intramolecular Hbond substituents is 1. The van der Waals surface area contributed by atoms with Gasteiger partial charge < -0.3 is 14.9 Å². The minimum atomic E-state index is -0.208. The van der Waals surface area contributed by atoms with E-state index < -0.39 is 0 Å². The van der Waals surface area contributed by atoms with Crippen LogP contribution >= 0.6 is 23.4 Å². The SMILES string of the molecule is Cc1ccc(N2CCN(C3=NC(=O)C(=Cc4ccc(O)cc4)S3)CC2)cc1Cl. The first kappa shape index (κ1) is 18.9. The smallest absolute Gasteiger partial charge is 0.286 e. The third-order valence-corrected chi connectivity index (χ3v) is 6.32. The number of phenols is 1. The highest BCUT2D eigenvalue weighted by atomic mass is 35.5. The summed E-state index contributed by atoms with van der Waals surface area (Å²) in [5.74, 6) is -0.00181. The molecule has 2 aliphatic heterocycles. The van der Waals surface area contributed by atoms with Crippen molar-refractivity contribution < 1.29 is 9.90 Å². The molecule has 2 aliphatic rings. The van der Waals surface area contributed by atoms with Crippen molar-refractivity contribution in [2.45, 2.75) is 6.92 Å². The zero-order chi connectivity index (χ0) is 19.7. The first-order chi connectivity index (χ1) is 13.5. The van der Waals surface area contributed by atoms with E-state index in [0.717, 1.165) is 53.2 Å². The fourth-order valence-corrected chi connectivity index (χ4v) is 4.33. The number of nitrogens with zero attached hydrogens (tertiary/aromatic N) is 3. The lowest BCUT2D eigenvalue weighted by Crippen LogP contribution is -2.47. The number of thioether (sulfide) groups is 1. The number of aromatic hydroxyl groups is 1. The summed E-state index contributed by atoms with van der Waals surface area (Å²) in [4.78, 5) is 21.6. The van der Waals surface area contributed by atoms with Gasteiger partial charge in [0.15, 0.2) is 5.17 Å². The van der Waals surface area contributed by atoms with E-state index in [4.69, 9.17) is 11.6 Å². The van der Waals surface area contributed by atoms with Crippen LogP contribution in [0.1, 0.15) is 11.1 Å².